The fraction of sp³-hybridized carbons (Fsp3) is 0.333. The summed E-state index contributed by atoms with van der Waals surface area (Å²) in [4.78, 5) is 0. The predicted molar refractivity (Wildman–Crippen MR) is 83.8 cm³/mol. The number of rotatable bonds is 4. The van der Waals surface area contributed by atoms with Crippen LogP contribution in [0.2, 0.25) is 0 Å². The molecular weight excluding hydrogens is 271 g/mol. The van der Waals surface area contributed by atoms with Gasteiger partial charge in [-0.1, -0.05) is 50.2 Å². The van der Waals surface area contributed by atoms with Crippen LogP contribution in [0, 0.1) is 18.7 Å². The molecule has 1 unspecified atom stereocenters. The second kappa shape index (κ2) is 6.41. The van der Waals surface area contributed by atoms with Gasteiger partial charge in [-0.2, -0.15) is 0 Å². The normalized spacial score (nSPS) is 12.7. The van der Waals surface area contributed by atoms with E-state index >= 15 is 0 Å². The Morgan fingerprint density at radius 1 is 1.05 bits per heavy atom. The van der Waals surface area contributed by atoms with Crippen molar-refractivity contribution < 1.29 is 4.39 Å². The SMILES string of the molecule is Cc1ccc(C(Cl)c2ccc(CC(C)C)cc2)c(F)c1. The van der Waals surface area contributed by atoms with Crippen molar-refractivity contribution in [3.05, 3.63) is 70.5 Å². The Kier molecular flexibility index (Phi) is 4.82. The van der Waals surface area contributed by atoms with E-state index in [9.17, 15) is 4.39 Å². The summed E-state index contributed by atoms with van der Waals surface area (Å²) in [5, 5.41) is -0.441. The van der Waals surface area contributed by atoms with Gasteiger partial charge in [0.1, 0.15) is 5.82 Å². The van der Waals surface area contributed by atoms with Crippen LogP contribution in [0.25, 0.3) is 0 Å². The van der Waals surface area contributed by atoms with Crippen molar-refractivity contribution in [3.63, 3.8) is 0 Å². The molecule has 0 radical (unpaired) electrons. The maximum atomic E-state index is 14.0. The van der Waals surface area contributed by atoms with E-state index in [0.29, 0.717) is 11.5 Å². The van der Waals surface area contributed by atoms with Crippen LogP contribution in [0.15, 0.2) is 42.5 Å². The predicted octanol–water partition coefficient (Wildman–Crippen LogP) is 5.66. The van der Waals surface area contributed by atoms with E-state index in [4.69, 9.17) is 11.6 Å². The summed E-state index contributed by atoms with van der Waals surface area (Å²) in [6.45, 7) is 6.26. The summed E-state index contributed by atoms with van der Waals surface area (Å²) >= 11 is 6.41. The zero-order valence-electron chi connectivity index (χ0n) is 12.2. The van der Waals surface area contributed by atoms with Crippen LogP contribution >= 0.6 is 11.6 Å². The van der Waals surface area contributed by atoms with Crippen molar-refractivity contribution in [1.29, 1.82) is 0 Å². The molecular formula is C18H20ClF. The summed E-state index contributed by atoms with van der Waals surface area (Å²) in [7, 11) is 0. The third-order valence-corrected chi connectivity index (χ3v) is 3.83. The van der Waals surface area contributed by atoms with Gasteiger partial charge >= 0.3 is 0 Å². The quantitative estimate of drug-likeness (QED) is 0.637. The molecule has 20 heavy (non-hydrogen) atoms. The van der Waals surface area contributed by atoms with Crippen LogP contribution in [0.4, 0.5) is 4.39 Å². The van der Waals surface area contributed by atoms with Gasteiger partial charge in [0.05, 0.1) is 5.38 Å². The second-order valence-corrected chi connectivity index (χ2v) is 6.16. The number of aryl methyl sites for hydroxylation is 1. The molecule has 0 aromatic heterocycles. The van der Waals surface area contributed by atoms with E-state index in [1.54, 1.807) is 6.07 Å². The van der Waals surface area contributed by atoms with Crippen LogP contribution in [0.5, 0.6) is 0 Å². The van der Waals surface area contributed by atoms with Gasteiger partial charge in [0.2, 0.25) is 0 Å². The molecule has 1 atom stereocenters. The van der Waals surface area contributed by atoms with Crippen molar-refractivity contribution >= 4 is 11.6 Å². The monoisotopic (exact) mass is 290 g/mol. The molecule has 0 bridgehead atoms. The summed E-state index contributed by atoms with van der Waals surface area (Å²) in [5.74, 6) is 0.387. The average molecular weight is 291 g/mol. The van der Waals surface area contributed by atoms with E-state index < -0.39 is 5.38 Å². The van der Waals surface area contributed by atoms with Gasteiger partial charge < -0.3 is 0 Å². The van der Waals surface area contributed by atoms with E-state index in [0.717, 1.165) is 17.5 Å². The lowest BCUT2D eigenvalue weighted by Gasteiger charge is -2.13. The maximum absolute atomic E-state index is 14.0. The van der Waals surface area contributed by atoms with Crippen molar-refractivity contribution in [3.8, 4) is 0 Å². The molecule has 2 rings (SSSR count). The van der Waals surface area contributed by atoms with Gasteiger partial charge in [0, 0.05) is 5.56 Å². The molecule has 0 aliphatic carbocycles. The Bertz CT molecular complexity index is 572. The summed E-state index contributed by atoms with van der Waals surface area (Å²) in [5.41, 5.74) is 3.66. The molecule has 2 aromatic carbocycles. The van der Waals surface area contributed by atoms with E-state index in [-0.39, 0.29) is 5.82 Å². The largest absolute Gasteiger partial charge is 0.207 e. The molecule has 2 heteroatoms. The average Bonchev–Trinajstić information content (AvgIpc) is 2.38. The highest BCUT2D eigenvalue weighted by atomic mass is 35.5. The molecule has 0 heterocycles. The number of hydrogen-bond acceptors (Lipinski definition) is 0. The molecule has 0 nitrogen and oxygen atoms in total. The summed E-state index contributed by atoms with van der Waals surface area (Å²) in [6, 6.07) is 13.3. The highest BCUT2D eigenvalue weighted by molar-refractivity contribution is 6.22. The van der Waals surface area contributed by atoms with Crippen LogP contribution in [-0.2, 0) is 6.42 Å². The van der Waals surface area contributed by atoms with Crippen LogP contribution in [0.3, 0.4) is 0 Å². The number of benzene rings is 2. The van der Waals surface area contributed by atoms with Crippen molar-refractivity contribution in [2.75, 3.05) is 0 Å². The first-order valence-corrected chi connectivity index (χ1v) is 7.40. The van der Waals surface area contributed by atoms with E-state index in [1.165, 1.54) is 11.6 Å². The molecule has 2 aromatic rings. The zero-order valence-corrected chi connectivity index (χ0v) is 12.9. The van der Waals surface area contributed by atoms with Gasteiger partial charge in [-0.05, 0) is 42.0 Å². The minimum atomic E-state index is -0.441. The first-order valence-electron chi connectivity index (χ1n) is 6.96. The summed E-state index contributed by atoms with van der Waals surface area (Å²) < 4.78 is 14.0. The van der Waals surface area contributed by atoms with Crippen molar-refractivity contribution in [1.82, 2.24) is 0 Å². The molecule has 0 aliphatic rings. The third-order valence-electron chi connectivity index (χ3n) is 3.35. The molecule has 0 fully saturated rings. The lowest BCUT2D eigenvalue weighted by Crippen LogP contribution is -1.99. The van der Waals surface area contributed by atoms with E-state index in [2.05, 4.69) is 26.0 Å². The minimum Gasteiger partial charge on any atom is -0.207 e. The Morgan fingerprint density at radius 3 is 2.25 bits per heavy atom. The van der Waals surface area contributed by atoms with Gasteiger partial charge in [-0.3, -0.25) is 0 Å². The summed E-state index contributed by atoms with van der Waals surface area (Å²) in [6.07, 6.45) is 1.05. The van der Waals surface area contributed by atoms with Crippen LogP contribution in [0.1, 0.15) is 41.5 Å². The molecule has 0 N–H and O–H groups in total. The Hall–Kier alpha value is -1.34. The number of alkyl halides is 1. The fourth-order valence-electron chi connectivity index (χ4n) is 2.31. The Morgan fingerprint density at radius 2 is 1.70 bits per heavy atom. The first-order chi connectivity index (χ1) is 9.47. The lowest BCUT2D eigenvalue weighted by molar-refractivity contribution is 0.611. The molecule has 0 saturated carbocycles. The molecule has 0 amide bonds. The van der Waals surface area contributed by atoms with Crippen LogP contribution in [-0.4, -0.2) is 0 Å². The zero-order chi connectivity index (χ0) is 14.7. The smallest absolute Gasteiger partial charge is 0.128 e. The minimum absolute atomic E-state index is 0.240. The fourth-order valence-corrected chi connectivity index (χ4v) is 2.63. The van der Waals surface area contributed by atoms with Gasteiger partial charge in [-0.25, -0.2) is 4.39 Å². The second-order valence-electron chi connectivity index (χ2n) is 5.73. The van der Waals surface area contributed by atoms with Gasteiger partial charge in [0.25, 0.3) is 0 Å². The topological polar surface area (TPSA) is 0 Å². The lowest BCUT2D eigenvalue weighted by atomic mass is 9.98. The van der Waals surface area contributed by atoms with Gasteiger partial charge in [-0.15, -0.1) is 11.6 Å². The van der Waals surface area contributed by atoms with Crippen molar-refractivity contribution in [2.24, 2.45) is 5.92 Å². The number of halogens is 2. The molecule has 106 valence electrons. The Labute approximate surface area is 125 Å². The molecule has 0 saturated heterocycles. The third kappa shape index (κ3) is 3.61. The standard InChI is InChI=1S/C18H20ClF/c1-12(2)10-14-5-7-15(8-6-14)18(19)16-9-4-13(3)11-17(16)20/h4-9,11-12,18H,10H2,1-3H3. The highest BCUT2D eigenvalue weighted by Gasteiger charge is 2.15. The van der Waals surface area contributed by atoms with E-state index in [1.807, 2.05) is 25.1 Å². The number of hydrogen-bond donors (Lipinski definition) is 0. The Balaban J connectivity index is 2.22. The van der Waals surface area contributed by atoms with Crippen molar-refractivity contribution in [2.45, 2.75) is 32.6 Å². The highest BCUT2D eigenvalue weighted by Crippen LogP contribution is 2.31. The van der Waals surface area contributed by atoms with Gasteiger partial charge in [0.15, 0.2) is 0 Å². The molecule has 0 spiro atoms. The first kappa shape index (κ1) is 15.1. The van der Waals surface area contributed by atoms with Crippen LogP contribution < -0.4 is 0 Å². The molecule has 0 aliphatic heterocycles. The maximum Gasteiger partial charge on any atom is 0.128 e.